The van der Waals surface area contributed by atoms with Crippen LogP contribution in [-0.2, 0) is 10.0 Å². The van der Waals surface area contributed by atoms with Crippen LogP contribution in [0.1, 0.15) is 32.6 Å². The molecule has 0 radical (unpaired) electrons. The largest absolute Gasteiger partial charge is 0.496 e. The predicted octanol–water partition coefficient (Wildman–Crippen LogP) is 3.32. The number of nitrogens with one attached hydrogen (secondary N) is 1. The van der Waals surface area contributed by atoms with Gasteiger partial charge >= 0.3 is 0 Å². The SMILES string of the molecule is COc1cc(S(=O)(=O)N[C@H]2CCCC[C@H]2C)c(OC)cc1Br. The Balaban J connectivity index is 2.35. The maximum Gasteiger partial charge on any atom is 0.244 e. The second-order valence-corrected chi connectivity index (χ2v) is 8.16. The molecule has 0 unspecified atom stereocenters. The Kier molecular flexibility index (Phi) is 5.74. The van der Waals surface area contributed by atoms with Crippen molar-refractivity contribution in [1.29, 1.82) is 0 Å². The molecular formula is C15H22BrNO4S. The number of hydrogen-bond donors (Lipinski definition) is 1. The van der Waals surface area contributed by atoms with E-state index in [0.717, 1.165) is 25.7 Å². The predicted molar refractivity (Wildman–Crippen MR) is 89.0 cm³/mol. The van der Waals surface area contributed by atoms with Crippen molar-refractivity contribution in [2.45, 2.75) is 43.5 Å². The fourth-order valence-corrected chi connectivity index (χ4v) is 4.83. The third-order valence-electron chi connectivity index (χ3n) is 4.15. The molecule has 1 N–H and O–H groups in total. The van der Waals surface area contributed by atoms with Crippen molar-refractivity contribution in [3.8, 4) is 11.5 Å². The molecule has 2 atom stereocenters. The fourth-order valence-electron chi connectivity index (χ4n) is 2.80. The number of methoxy groups -OCH3 is 2. The topological polar surface area (TPSA) is 64.6 Å². The van der Waals surface area contributed by atoms with Gasteiger partial charge in [0.25, 0.3) is 0 Å². The van der Waals surface area contributed by atoms with Gasteiger partial charge in [0.1, 0.15) is 16.4 Å². The second kappa shape index (κ2) is 7.19. The average molecular weight is 392 g/mol. The van der Waals surface area contributed by atoms with Gasteiger partial charge in [-0.15, -0.1) is 0 Å². The molecule has 124 valence electrons. The zero-order valence-electron chi connectivity index (χ0n) is 13.1. The Morgan fingerprint density at radius 2 is 1.77 bits per heavy atom. The highest BCUT2D eigenvalue weighted by molar-refractivity contribution is 9.10. The van der Waals surface area contributed by atoms with E-state index < -0.39 is 10.0 Å². The summed E-state index contributed by atoms with van der Waals surface area (Å²) in [4.78, 5) is 0.104. The summed E-state index contributed by atoms with van der Waals surface area (Å²) >= 11 is 3.34. The number of halogens is 1. The Morgan fingerprint density at radius 1 is 1.14 bits per heavy atom. The minimum absolute atomic E-state index is 0.0295. The van der Waals surface area contributed by atoms with Crippen LogP contribution in [0.5, 0.6) is 11.5 Å². The molecule has 0 aromatic heterocycles. The molecule has 1 aliphatic rings. The van der Waals surface area contributed by atoms with Gasteiger partial charge in [0.2, 0.25) is 10.0 Å². The summed E-state index contributed by atoms with van der Waals surface area (Å²) in [6.07, 6.45) is 4.14. The van der Waals surface area contributed by atoms with E-state index in [9.17, 15) is 8.42 Å². The summed E-state index contributed by atoms with van der Waals surface area (Å²) < 4.78 is 39.4. The van der Waals surface area contributed by atoms with Crippen LogP contribution in [0.3, 0.4) is 0 Å². The van der Waals surface area contributed by atoms with Gasteiger partial charge < -0.3 is 9.47 Å². The van der Waals surface area contributed by atoms with Gasteiger partial charge in [-0.1, -0.05) is 19.8 Å². The first-order chi connectivity index (χ1) is 10.4. The zero-order chi connectivity index (χ0) is 16.3. The molecule has 2 rings (SSSR count). The lowest BCUT2D eigenvalue weighted by molar-refractivity contribution is 0.310. The first-order valence-corrected chi connectivity index (χ1v) is 9.60. The Hall–Kier alpha value is -0.790. The van der Waals surface area contributed by atoms with Gasteiger partial charge in [0, 0.05) is 12.1 Å². The molecule has 1 aliphatic carbocycles. The van der Waals surface area contributed by atoms with Crippen molar-refractivity contribution in [3.05, 3.63) is 16.6 Å². The van der Waals surface area contributed by atoms with E-state index >= 15 is 0 Å². The van der Waals surface area contributed by atoms with Gasteiger partial charge in [-0.25, -0.2) is 13.1 Å². The van der Waals surface area contributed by atoms with Crippen LogP contribution in [-0.4, -0.2) is 28.7 Å². The normalized spacial score (nSPS) is 22.4. The quantitative estimate of drug-likeness (QED) is 0.835. The zero-order valence-corrected chi connectivity index (χ0v) is 15.5. The molecule has 0 saturated heterocycles. The number of hydrogen-bond acceptors (Lipinski definition) is 4. The van der Waals surface area contributed by atoms with Crippen molar-refractivity contribution in [1.82, 2.24) is 4.72 Å². The summed E-state index contributed by atoms with van der Waals surface area (Å²) in [5.41, 5.74) is 0. The standard InChI is InChI=1S/C15H22BrNO4S/c1-10-6-4-5-7-12(10)17-22(18,19)15-9-13(20-2)11(16)8-14(15)21-3/h8-10,12,17H,4-7H2,1-3H3/t10-,12+/m1/s1. The number of sulfonamides is 1. The Labute approximate surface area is 140 Å². The van der Waals surface area contributed by atoms with E-state index in [0.29, 0.717) is 21.9 Å². The molecule has 1 aromatic rings. The minimum Gasteiger partial charge on any atom is -0.496 e. The van der Waals surface area contributed by atoms with Crippen LogP contribution in [0.4, 0.5) is 0 Å². The van der Waals surface area contributed by atoms with Crippen molar-refractivity contribution in [3.63, 3.8) is 0 Å². The van der Waals surface area contributed by atoms with Gasteiger partial charge in [0.15, 0.2) is 0 Å². The van der Waals surface area contributed by atoms with E-state index in [2.05, 4.69) is 27.6 Å². The van der Waals surface area contributed by atoms with Crippen LogP contribution in [0.25, 0.3) is 0 Å². The number of benzene rings is 1. The first kappa shape index (κ1) is 17.6. The monoisotopic (exact) mass is 391 g/mol. The highest BCUT2D eigenvalue weighted by Gasteiger charge is 2.29. The van der Waals surface area contributed by atoms with E-state index in [1.165, 1.54) is 20.3 Å². The van der Waals surface area contributed by atoms with Gasteiger partial charge in [-0.3, -0.25) is 0 Å². The third-order valence-corrected chi connectivity index (χ3v) is 6.28. The average Bonchev–Trinajstić information content (AvgIpc) is 2.48. The van der Waals surface area contributed by atoms with E-state index in [1.807, 2.05) is 0 Å². The highest BCUT2D eigenvalue weighted by Crippen LogP contribution is 2.36. The van der Waals surface area contributed by atoms with Crippen molar-refractivity contribution in [2.75, 3.05) is 14.2 Å². The molecule has 0 amide bonds. The lowest BCUT2D eigenvalue weighted by atomic mass is 9.87. The highest BCUT2D eigenvalue weighted by atomic mass is 79.9. The summed E-state index contributed by atoms with van der Waals surface area (Å²) in [6.45, 7) is 2.09. The van der Waals surface area contributed by atoms with Crippen LogP contribution in [0, 0.1) is 5.92 Å². The molecule has 0 bridgehead atoms. The third kappa shape index (κ3) is 3.75. The molecule has 0 heterocycles. The fraction of sp³-hybridized carbons (Fsp3) is 0.600. The van der Waals surface area contributed by atoms with Crippen LogP contribution >= 0.6 is 15.9 Å². The van der Waals surface area contributed by atoms with Crippen LogP contribution < -0.4 is 14.2 Å². The molecule has 7 heteroatoms. The number of rotatable bonds is 5. The van der Waals surface area contributed by atoms with Gasteiger partial charge in [-0.2, -0.15) is 0 Å². The molecule has 0 spiro atoms. The molecule has 1 saturated carbocycles. The lowest BCUT2D eigenvalue weighted by Gasteiger charge is -2.29. The van der Waals surface area contributed by atoms with Crippen LogP contribution in [0.15, 0.2) is 21.5 Å². The summed E-state index contributed by atoms with van der Waals surface area (Å²) in [5, 5.41) is 0. The smallest absolute Gasteiger partial charge is 0.244 e. The summed E-state index contributed by atoms with van der Waals surface area (Å²) in [5.74, 6) is 1.09. The summed E-state index contributed by atoms with van der Waals surface area (Å²) in [7, 11) is -0.706. The molecule has 0 aliphatic heterocycles. The van der Waals surface area contributed by atoms with E-state index in [4.69, 9.17) is 9.47 Å². The minimum atomic E-state index is -3.66. The van der Waals surface area contributed by atoms with Crippen molar-refractivity contribution in [2.24, 2.45) is 5.92 Å². The summed E-state index contributed by atoms with van der Waals surface area (Å²) in [6, 6.07) is 3.06. The van der Waals surface area contributed by atoms with E-state index in [1.54, 1.807) is 6.07 Å². The van der Waals surface area contributed by atoms with Crippen molar-refractivity contribution < 1.29 is 17.9 Å². The second-order valence-electron chi connectivity index (χ2n) is 5.63. The van der Waals surface area contributed by atoms with Gasteiger partial charge in [-0.05, 0) is 40.8 Å². The van der Waals surface area contributed by atoms with Crippen molar-refractivity contribution >= 4 is 26.0 Å². The molecule has 22 heavy (non-hydrogen) atoms. The number of ether oxygens (including phenoxy) is 2. The maximum atomic E-state index is 12.7. The first-order valence-electron chi connectivity index (χ1n) is 7.33. The van der Waals surface area contributed by atoms with Crippen LogP contribution in [0.2, 0.25) is 0 Å². The van der Waals surface area contributed by atoms with Gasteiger partial charge in [0.05, 0.1) is 18.7 Å². The molecule has 1 fully saturated rings. The molecule has 1 aromatic carbocycles. The Bertz CT molecular complexity index is 633. The maximum absolute atomic E-state index is 12.7. The lowest BCUT2D eigenvalue weighted by Crippen LogP contribution is -2.41. The van der Waals surface area contributed by atoms with E-state index in [-0.39, 0.29) is 10.9 Å². The molecular weight excluding hydrogens is 370 g/mol. The molecule has 5 nitrogen and oxygen atoms in total. The Morgan fingerprint density at radius 3 is 2.36 bits per heavy atom.